The average molecular weight is 286 g/mol. The predicted molar refractivity (Wildman–Crippen MR) is 71.6 cm³/mol. The highest BCUT2D eigenvalue weighted by molar-refractivity contribution is 6.35. The van der Waals surface area contributed by atoms with Crippen LogP contribution in [0.4, 0.5) is 0 Å². The third-order valence-corrected chi connectivity index (χ3v) is 3.10. The second kappa shape index (κ2) is 5.69. The smallest absolute Gasteiger partial charge is 0.259 e. The summed E-state index contributed by atoms with van der Waals surface area (Å²) in [5.41, 5.74) is 6.54. The molecule has 1 aromatic heterocycles. The van der Waals surface area contributed by atoms with Gasteiger partial charge in [-0.15, -0.1) is 0 Å². The Balaban J connectivity index is 2.32. The van der Waals surface area contributed by atoms with Gasteiger partial charge in [0.15, 0.2) is 5.82 Å². The second-order valence-corrected chi connectivity index (χ2v) is 4.82. The molecular weight excluding hydrogens is 273 g/mol. The summed E-state index contributed by atoms with van der Waals surface area (Å²) < 4.78 is 5.17. The summed E-state index contributed by atoms with van der Waals surface area (Å²) in [7, 11) is 0. The van der Waals surface area contributed by atoms with Crippen LogP contribution in [0.3, 0.4) is 0 Å². The molecule has 2 rings (SSSR count). The molecule has 0 amide bonds. The minimum Gasteiger partial charge on any atom is -0.334 e. The predicted octanol–water partition coefficient (Wildman–Crippen LogP) is 3.84. The summed E-state index contributed by atoms with van der Waals surface area (Å²) in [5, 5.41) is 4.94. The van der Waals surface area contributed by atoms with Crippen molar-refractivity contribution in [1.82, 2.24) is 10.1 Å². The van der Waals surface area contributed by atoms with Gasteiger partial charge in [0.25, 0.3) is 5.89 Å². The van der Waals surface area contributed by atoms with Gasteiger partial charge in [0.2, 0.25) is 0 Å². The highest BCUT2D eigenvalue weighted by Gasteiger charge is 2.16. The van der Waals surface area contributed by atoms with Gasteiger partial charge in [-0.25, -0.2) is 0 Å². The third kappa shape index (κ3) is 2.83. The Hall–Kier alpha value is -1.10. The number of nitrogens with two attached hydrogens (primary N) is 1. The molecule has 0 aliphatic heterocycles. The number of aromatic nitrogens is 2. The minimum absolute atomic E-state index is 0.217. The van der Waals surface area contributed by atoms with E-state index in [2.05, 4.69) is 17.1 Å². The number of halogens is 2. The molecule has 0 spiro atoms. The van der Waals surface area contributed by atoms with E-state index in [-0.39, 0.29) is 6.04 Å². The van der Waals surface area contributed by atoms with Crippen LogP contribution in [0.25, 0.3) is 11.5 Å². The van der Waals surface area contributed by atoms with Gasteiger partial charge in [-0.1, -0.05) is 41.7 Å². The van der Waals surface area contributed by atoms with Crippen molar-refractivity contribution < 1.29 is 4.52 Å². The fourth-order valence-electron chi connectivity index (χ4n) is 1.60. The lowest BCUT2D eigenvalue weighted by molar-refractivity contribution is 0.413. The Morgan fingerprint density at radius 2 is 2.17 bits per heavy atom. The molecule has 0 aliphatic carbocycles. The first-order chi connectivity index (χ1) is 8.61. The maximum absolute atomic E-state index is 6.06. The molecule has 2 N–H and O–H groups in total. The molecule has 0 aliphatic rings. The number of benzene rings is 1. The van der Waals surface area contributed by atoms with Crippen LogP contribution in [0.1, 0.15) is 31.6 Å². The van der Waals surface area contributed by atoms with Gasteiger partial charge >= 0.3 is 0 Å². The van der Waals surface area contributed by atoms with Gasteiger partial charge in [0, 0.05) is 5.02 Å². The van der Waals surface area contributed by atoms with Crippen LogP contribution in [0, 0.1) is 0 Å². The Bertz CT molecular complexity index is 542. The van der Waals surface area contributed by atoms with Crippen LogP contribution in [-0.4, -0.2) is 10.1 Å². The van der Waals surface area contributed by atoms with E-state index in [1.807, 2.05) is 0 Å². The Labute approximate surface area is 115 Å². The SMILES string of the molecule is CCCC(N)c1noc(-c2cc(Cl)ccc2Cl)n1. The molecule has 1 aromatic carbocycles. The van der Waals surface area contributed by atoms with Gasteiger partial charge < -0.3 is 10.3 Å². The van der Waals surface area contributed by atoms with Crippen molar-refractivity contribution in [3.8, 4) is 11.5 Å². The second-order valence-electron chi connectivity index (χ2n) is 3.98. The van der Waals surface area contributed by atoms with Crippen molar-refractivity contribution in [3.05, 3.63) is 34.1 Å². The largest absolute Gasteiger partial charge is 0.334 e. The molecular formula is C12H13Cl2N3O. The van der Waals surface area contributed by atoms with Crippen LogP contribution < -0.4 is 5.73 Å². The van der Waals surface area contributed by atoms with E-state index in [1.165, 1.54) is 0 Å². The van der Waals surface area contributed by atoms with Gasteiger partial charge in [0.1, 0.15) is 0 Å². The third-order valence-electron chi connectivity index (χ3n) is 2.53. The summed E-state index contributed by atoms with van der Waals surface area (Å²) in [6.07, 6.45) is 1.77. The van der Waals surface area contributed by atoms with Crippen LogP contribution in [0.15, 0.2) is 22.7 Å². The number of hydrogen-bond acceptors (Lipinski definition) is 4. The number of rotatable bonds is 4. The van der Waals surface area contributed by atoms with E-state index in [0.717, 1.165) is 12.8 Å². The summed E-state index contributed by atoms with van der Waals surface area (Å²) in [6.45, 7) is 2.05. The molecule has 2 aromatic rings. The molecule has 0 saturated heterocycles. The lowest BCUT2D eigenvalue weighted by Crippen LogP contribution is -2.11. The van der Waals surface area contributed by atoms with Crippen molar-refractivity contribution in [2.24, 2.45) is 5.73 Å². The molecule has 1 unspecified atom stereocenters. The standard InChI is InChI=1S/C12H13Cl2N3O/c1-2-3-10(15)11-16-12(18-17-11)8-6-7(13)4-5-9(8)14/h4-6,10H,2-3,15H2,1H3. The van der Waals surface area contributed by atoms with Crippen LogP contribution in [0.2, 0.25) is 10.0 Å². The molecule has 96 valence electrons. The van der Waals surface area contributed by atoms with E-state index in [1.54, 1.807) is 18.2 Å². The van der Waals surface area contributed by atoms with Gasteiger partial charge in [-0.05, 0) is 24.6 Å². The molecule has 0 saturated carbocycles. The van der Waals surface area contributed by atoms with Crippen molar-refractivity contribution in [1.29, 1.82) is 0 Å². The van der Waals surface area contributed by atoms with Crippen LogP contribution in [-0.2, 0) is 0 Å². The molecule has 4 nitrogen and oxygen atoms in total. The quantitative estimate of drug-likeness (QED) is 0.927. The van der Waals surface area contributed by atoms with Gasteiger partial charge in [-0.3, -0.25) is 0 Å². The van der Waals surface area contributed by atoms with E-state index < -0.39 is 0 Å². The zero-order valence-corrected chi connectivity index (χ0v) is 11.4. The Kier molecular flexibility index (Phi) is 4.22. The van der Waals surface area contributed by atoms with Gasteiger partial charge in [0.05, 0.1) is 16.6 Å². The first-order valence-electron chi connectivity index (χ1n) is 5.66. The zero-order chi connectivity index (χ0) is 13.1. The lowest BCUT2D eigenvalue weighted by atomic mass is 10.2. The van der Waals surface area contributed by atoms with Crippen molar-refractivity contribution in [3.63, 3.8) is 0 Å². The number of hydrogen-bond donors (Lipinski definition) is 1. The van der Waals surface area contributed by atoms with Crippen molar-refractivity contribution in [2.45, 2.75) is 25.8 Å². The van der Waals surface area contributed by atoms with E-state index >= 15 is 0 Å². The molecule has 1 heterocycles. The first-order valence-corrected chi connectivity index (χ1v) is 6.42. The fourth-order valence-corrected chi connectivity index (χ4v) is 1.97. The summed E-state index contributed by atoms with van der Waals surface area (Å²) >= 11 is 12.0. The van der Waals surface area contributed by atoms with Crippen LogP contribution in [0.5, 0.6) is 0 Å². The van der Waals surface area contributed by atoms with Crippen molar-refractivity contribution in [2.75, 3.05) is 0 Å². The molecule has 0 fully saturated rings. The zero-order valence-electron chi connectivity index (χ0n) is 9.86. The Morgan fingerprint density at radius 1 is 1.39 bits per heavy atom. The Morgan fingerprint density at radius 3 is 2.89 bits per heavy atom. The van der Waals surface area contributed by atoms with Crippen molar-refractivity contribution >= 4 is 23.2 Å². The van der Waals surface area contributed by atoms with E-state index in [9.17, 15) is 0 Å². The maximum Gasteiger partial charge on any atom is 0.259 e. The molecule has 18 heavy (non-hydrogen) atoms. The first kappa shape index (κ1) is 13.3. The van der Waals surface area contributed by atoms with E-state index in [4.69, 9.17) is 33.5 Å². The van der Waals surface area contributed by atoms with Crippen LogP contribution >= 0.6 is 23.2 Å². The number of nitrogens with zero attached hydrogens (tertiary/aromatic N) is 2. The molecule has 0 bridgehead atoms. The minimum atomic E-state index is -0.217. The highest BCUT2D eigenvalue weighted by atomic mass is 35.5. The normalized spacial score (nSPS) is 12.7. The monoisotopic (exact) mass is 285 g/mol. The summed E-state index contributed by atoms with van der Waals surface area (Å²) in [6, 6.07) is 4.86. The fraction of sp³-hybridized carbons (Fsp3) is 0.333. The van der Waals surface area contributed by atoms with E-state index in [0.29, 0.717) is 27.3 Å². The maximum atomic E-state index is 6.06. The molecule has 0 radical (unpaired) electrons. The topological polar surface area (TPSA) is 64.9 Å². The molecule has 1 atom stereocenters. The lowest BCUT2D eigenvalue weighted by Gasteiger charge is -2.02. The average Bonchev–Trinajstić information content (AvgIpc) is 2.82. The highest BCUT2D eigenvalue weighted by Crippen LogP contribution is 2.30. The molecule has 6 heteroatoms. The summed E-state index contributed by atoms with van der Waals surface area (Å²) in [4.78, 5) is 4.26. The summed E-state index contributed by atoms with van der Waals surface area (Å²) in [5.74, 6) is 0.826. The van der Waals surface area contributed by atoms with Gasteiger partial charge in [-0.2, -0.15) is 4.98 Å².